The lowest BCUT2D eigenvalue weighted by Crippen LogP contribution is -2.49. The Morgan fingerprint density at radius 2 is 2.26 bits per heavy atom. The average molecular weight is 318 g/mol. The van der Waals surface area contributed by atoms with Gasteiger partial charge in [-0.25, -0.2) is 0 Å². The Labute approximate surface area is 135 Å². The summed E-state index contributed by atoms with van der Waals surface area (Å²) in [7, 11) is 0. The molecule has 0 radical (unpaired) electrons. The van der Waals surface area contributed by atoms with E-state index in [0.29, 0.717) is 31.8 Å². The third-order valence-electron chi connectivity index (χ3n) is 4.34. The number of likely N-dealkylation sites (tertiary alicyclic amines) is 1. The molecule has 7 nitrogen and oxygen atoms in total. The zero-order valence-electron chi connectivity index (χ0n) is 13.1. The van der Waals surface area contributed by atoms with Crippen molar-refractivity contribution in [3.05, 3.63) is 30.1 Å². The first kappa shape index (κ1) is 15.9. The Kier molecular flexibility index (Phi) is 4.88. The number of β-amino-alcohol motifs (C(OH)–C–C–N with tert-alkyl or cyclic N) is 1. The van der Waals surface area contributed by atoms with Crippen molar-refractivity contribution in [1.29, 1.82) is 0 Å². The van der Waals surface area contributed by atoms with Gasteiger partial charge in [0.2, 0.25) is 0 Å². The van der Waals surface area contributed by atoms with E-state index in [1.54, 1.807) is 12.4 Å². The van der Waals surface area contributed by atoms with E-state index < -0.39 is 5.60 Å². The second-order valence-corrected chi connectivity index (χ2v) is 6.13. The van der Waals surface area contributed by atoms with Gasteiger partial charge in [-0.15, -0.1) is 0 Å². The Balaban J connectivity index is 1.53. The maximum absolute atomic E-state index is 12.3. The van der Waals surface area contributed by atoms with E-state index in [2.05, 4.69) is 20.4 Å². The lowest BCUT2D eigenvalue weighted by atomic mass is 9.88. The van der Waals surface area contributed by atoms with Gasteiger partial charge in [-0.05, 0) is 37.1 Å². The molecule has 0 bridgehead atoms. The molecule has 0 unspecified atom stereocenters. The van der Waals surface area contributed by atoms with Crippen LogP contribution in [-0.4, -0.2) is 58.5 Å². The summed E-state index contributed by atoms with van der Waals surface area (Å²) in [4.78, 5) is 24.0. The molecule has 1 atom stereocenters. The van der Waals surface area contributed by atoms with E-state index in [0.717, 1.165) is 24.9 Å². The molecule has 1 aromatic rings. The Hall–Kier alpha value is -1.99. The van der Waals surface area contributed by atoms with Crippen LogP contribution in [-0.2, 0) is 16.2 Å². The van der Waals surface area contributed by atoms with Gasteiger partial charge in [-0.3, -0.25) is 14.7 Å². The molecule has 2 aliphatic heterocycles. The molecule has 1 aromatic heterocycles. The van der Waals surface area contributed by atoms with Gasteiger partial charge in [-0.2, -0.15) is 0 Å². The SMILES string of the molecule is O=C(NCc1ccncc1)C1=NO[C@@]2(CCCN(CCO)C2)C1. The van der Waals surface area contributed by atoms with E-state index in [4.69, 9.17) is 9.94 Å². The number of aliphatic hydroxyl groups is 1. The molecule has 1 spiro atoms. The van der Waals surface area contributed by atoms with Crippen LogP contribution in [0.25, 0.3) is 0 Å². The molecule has 3 heterocycles. The quantitative estimate of drug-likeness (QED) is 0.815. The van der Waals surface area contributed by atoms with Crippen LogP contribution in [0.5, 0.6) is 0 Å². The number of piperidine rings is 1. The summed E-state index contributed by atoms with van der Waals surface area (Å²) in [6, 6.07) is 3.73. The van der Waals surface area contributed by atoms with Crippen LogP contribution in [0.2, 0.25) is 0 Å². The van der Waals surface area contributed by atoms with Crippen molar-refractivity contribution in [2.24, 2.45) is 5.16 Å². The third kappa shape index (κ3) is 3.86. The van der Waals surface area contributed by atoms with Crippen molar-refractivity contribution in [2.45, 2.75) is 31.4 Å². The molecule has 7 heteroatoms. The second kappa shape index (κ2) is 7.06. The molecule has 1 amide bonds. The van der Waals surface area contributed by atoms with E-state index in [1.165, 1.54) is 0 Å². The van der Waals surface area contributed by atoms with Gasteiger partial charge in [0.1, 0.15) is 5.71 Å². The molecule has 124 valence electrons. The summed E-state index contributed by atoms with van der Waals surface area (Å²) < 4.78 is 0. The average Bonchev–Trinajstić information content (AvgIpc) is 2.97. The van der Waals surface area contributed by atoms with Crippen molar-refractivity contribution < 1.29 is 14.7 Å². The molecule has 0 aromatic carbocycles. The number of carbonyl (C=O) groups is 1. The van der Waals surface area contributed by atoms with Crippen molar-refractivity contribution in [3.8, 4) is 0 Å². The van der Waals surface area contributed by atoms with Gasteiger partial charge in [0, 0.05) is 38.4 Å². The van der Waals surface area contributed by atoms with Crippen molar-refractivity contribution >= 4 is 11.6 Å². The van der Waals surface area contributed by atoms with Gasteiger partial charge in [0.05, 0.1) is 6.61 Å². The number of carbonyl (C=O) groups excluding carboxylic acids is 1. The highest BCUT2D eigenvalue weighted by Gasteiger charge is 2.44. The Morgan fingerprint density at radius 1 is 1.43 bits per heavy atom. The maximum Gasteiger partial charge on any atom is 0.269 e. The monoisotopic (exact) mass is 318 g/mol. The molecule has 0 saturated carbocycles. The minimum absolute atomic E-state index is 0.135. The highest BCUT2D eigenvalue weighted by Crippen LogP contribution is 2.33. The topological polar surface area (TPSA) is 87.0 Å². The Morgan fingerprint density at radius 3 is 3.04 bits per heavy atom. The molecule has 2 aliphatic rings. The summed E-state index contributed by atoms with van der Waals surface area (Å²) in [5.74, 6) is -0.182. The van der Waals surface area contributed by atoms with Gasteiger partial charge in [0.25, 0.3) is 5.91 Å². The summed E-state index contributed by atoms with van der Waals surface area (Å²) >= 11 is 0. The van der Waals surface area contributed by atoms with Crippen LogP contribution >= 0.6 is 0 Å². The first-order valence-electron chi connectivity index (χ1n) is 7.96. The summed E-state index contributed by atoms with van der Waals surface area (Å²) in [6.45, 7) is 2.88. The second-order valence-electron chi connectivity index (χ2n) is 6.13. The van der Waals surface area contributed by atoms with Crippen molar-refractivity contribution in [2.75, 3.05) is 26.2 Å². The number of aromatic nitrogens is 1. The van der Waals surface area contributed by atoms with Crippen LogP contribution in [0, 0.1) is 0 Å². The largest absolute Gasteiger partial charge is 0.395 e. The molecular weight excluding hydrogens is 296 g/mol. The highest BCUT2D eigenvalue weighted by molar-refractivity contribution is 6.39. The number of oxime groups is 1. The lowest BCUT2D eigenvalue weighted by Gasteiger charge is -2.37. The number of rotatable bonds is 5. The van der Waals surface area contributed by atoms with Gasteiger partial charge >= 0.3 is 0 Å². The van der Waals surface area contributed by atoms with E-state index in [-0.39, 0.29) is 12.5 Å². The normalized spacial score (nSPS) is 24.3. The fraction of sp³-hybridized carbons (Fsp3) is 0.562. The minimum atomic E-state index is -0.406. The zero-order valence-corrected chi connectivity index (χ0v) is 13.1. The number of hydrogen-bond acceptors (Lipinski definition) is 6. The van der Waals surface area contributed by atoms with Gasteiger partial charge in [0.15, 0.2) is 5.60 Å². The number of pyridine rings is 1. The Bertz CT molecular complexity index is 576. The fourth-order valence-electron chi connectivity index (χ4n) is 3.17. The van der Waals surface area contributed by atoms with E-state index in [9.17, 15) is 4.79 Å². The smallest absolute Gasteiger partial charge is 0.269 e. The number of aliphatic hydroxyl groups excluding tert-OH is 1. The number of amides is 1. The predicted octanol–water partition coefficient (Wildman–Crippen LogP) is 0.301. The van der Waals surface area contributed by atoms with Crippen LogP contribution in [0.15, 0.2) is 29.7 Å². The van der Waals surface area contributed by atoms with Gasteiger partial charge < -0.3 is 15.3 Å². The third-order valence-corrected chi connectivity index (χ3v) is 4.34. The molecular formula is C16H22N4O3. The standard InChI is InChI=1S/C16H22N4O3/c21-9-8-20-7-1-4-16(12-20)10-14(19-23-16)15(22)18-11-13-2-5-17-6-3-13/h2-3,5-6,21H,1,4,7-12H2,(H,18,22)/t16-/m0/s1. The lowest BCUT2D eigenvalue weighted by molar-refractivity contribution is -0.115. The maximum atomic E-state index is 12.3. The predicted molar refractivity (Wildman–Crippen MR) is 84.7 cm³/mol. The van der Waals surface area contributed by atoms with Crippen LogP contribution < -0.4 is 5.32 Å². The number of hydrogen-bond donors (Lipinski definition) is 2. The fourth-order valence-corrected chi connectivity index (χ4v) is 3.17. The van der Waals surface area contributed by atoms with Crippen molar-refractivity contribution in [3.63, 3.8) is 0 Å². The molecule has 23 heavy (non-hydrogen) atoms. The van der Waals surface area contributed by atoms with Gasteiger partial charge in [-0.1, -0.05) is 5.16 Å². The van der Waals surface area contributed by atoms with E-state index >= 15 is 0 Å². The summed E-state index contributed by atoms with van der Waals surface area (Å²) in [5.41, 5.74) is 1.04. The summed E-state index contributed by atoms with van der Waals surface area (Å²) in [6.07, 6.45) is 5.80. The van der Waals surface area contributed by atoms with E-state index in [1.807, 2.05) is 12.1 Å². The van der Waals surface area contributed by atoms with Crippen LogP contribution in [0.4, 0.5) is 0 Å². The first-order valence-corrected chi connectivity index (χ1v) is 7.96. The molecule has 2 N–H and O–H groups in total. The molecule has 1 fully saturated rings. The number of nitrogens with one attached hydrogen (secondary N) is 1. The zero-order chi connectivity index (χ0) is 16.1. The van der Waals surface area contributed by atoms with Crippen LogP contribution in [0.1, 0.15) is 24.8 Å². The first-order chi connectivity index (χ1) is 11.2. The molecule has 3 rings (SSSR count). The highest BCUT2D eigenvalue weighted by atomic mass is 16.7. The van der Waals surface area contributed by atoms with Crippen molar-refractivity contribution in [1.82, 2.24) is 15.2 Å². The summed E-state index contributed by atoms with van der Waals surface area (Å²) in [5, 5.41) is 16.0. The molecule has 0 aliphatic carbocycles. The number of nitrogens with zero attached hydrogens (tertiary/aromatic N) is 3. The van der Waals surface area contributed by atoms with Crippen LogP contribution in [0.3, 0.4) is 0 Å². The molecule has 1 saturated heterocycles. The minimum Gasteiger partial charge on any atom is -0.395 e.